The van der Waals surface area contributed by atoms with Crippen LogP contribution in [0.25, 0.3) is 0 Å². The number of hydrogen-bond donors (Lipinski definition) is 4. The molecule has 134 valence electrons. The summed E-state index contributed by atoms with van der Waals surface area (Å²) in [6, 6.07) is 0. The van der Waals surface area contributed by atoms with E-state index < -0.39 is 5.72 Å². The van der Waals surface area contributed by atoms with Gasteiger partial charge in [0.25, 0.3) is 0 Å². The van der Waals surface area contributed by atoms with E-state index in [4.69, 9.17) is 11.1 Å². The van der Waals surface area contributed by atoms with E-state index in [1.165, 1.54) is 11.9 Å². The Kier molecular flexibility index (Phi) is 5.22. The minimum absolute atomic E-state index is 0.213. The molecule has 2 aliphatic heterocycles. The topological polar surface area (TPSA) is 91.8 Å². The van der Waals surface area contributed by atoms with E-state index >= 15 is 0 Å². The molecule has 5 N–H and O–H groups in total. The summed E-state index contributed by atoms with van der Waals surface area (Å²) in [4.78, 5) is 7.50. The maximum absolute atomic E-state index is 10.00. The maximum atomic E-state index is 10.00. The third-order valence-corrected chi connectivity index (χ3v) is 5.72. The van der Waals surface area contributed by atoms with Crippen molar-refractivity contribution in [1.29, 1.82) is 5.41 Å². The van der Waals surface area contributed by atoms with E-state index in [-0.39, 0.29) is 6.17 Å². The summed E-state index contributed by atoms with van der Waals surface area (Å²) in [5.41, 5.74) is 6.28. The first-order chi connectivity index (χ1) is 11.4. The van der Waals surface area contributed by atoms with Gasteiger partial charge >= 0.3 is 0 Å². The fourth-order valence-electron chi connectivity index (χ4n) is 2.79. The number of piperazine rings is 1. The maximum Gasteiger partial charge on any atom is 0.146 e. The van der Waals surface area contributed by atoms with Gasteiger partial charge in [-0.2, -0.15) is 0 Å². The van der Waals surface area contributed by atoms with Crippen molar-refractivity contribution in [2.75, 3.05) is 39.8 Å². The van der Waals surface area contributed by atoms with Crippen LogP contribution in [-0.2, 0) is 0 Å². The molecule has 1 saturated carbocycles. The molecule has 1 aliphatic carbocycles. The lowest BCUT2D eigenvalue weighted by atomic mass is 10.2. The van der Waals surface area contributed by atoms with Gasteiger partial charge in [-0.1, -0.05) is 6.08 Å². The monoisotopic (exact) mass is 352 g/mol. The van der Waals surface area contributed by atoms with Gasteiger partial charge in [-0.05, 0) is 44.8 Å². The smallest absolute Gasteiger partial charge is 0.146 e. The van der Waals surface area contributed by atoms with Crippen LogP contribution < -0.4 is 10.5 Å². The van der Waals surface area contributed by atoms with Gasteiger partial charge in [0, 0.05) is 37.6 Å². The Bertz CT molecular complexity index is 549. The molecule has 3 rings (SSSR count). The number of nitrogens with one attached hydrogen (secondary N) is 2. The molecule has 3 aliphatic rings. The summed E-state index contributed by atoms with van der Waals surface area (Å²) in [6.45, 7) is 6.32. The molecule has 0 aromatic carbocycles. The number of nitrogens with two attached hydrogens (primary N) is 1. The zero-order valence-electron chi connectivity index (χ0n) is 14.5. The molecule has 2 heterocycles. The summed E-state index contributed by atoms with van der Waals surface area (Å²) in [6.07, 6.45) is 5.51. The van der Waals surface area contributed by atoms with Crippen LogP contribution in [0.15, 0.2) is 22.8 Å². The molecule has 1 unspecified atom stereocenters. The fraction of sp³-hybridized carbons (Fsp3) is 0.688. The summed E-state index contributed by atoms with van der Waals surface area (Å²) in [5, 5.41) is 18.6. The Labute approximate surface area is 148 Å². The van der Waals surface area contributed by atoms with Crippen LogP contribution in [0.5, 0.6) is 0 Å². The van der Waals surface area contributed by atoms with Crippen molar-refractivity contribution in [2.24, 2.45) is 5.73 Å². The van der Waals surface area contributed by atoms with E-state index in [0.717, 1.165) is 49.6 Å². The van der Waals surface area contributed by atoms with Crippen LogP contribution in [0.3, 0.4) is 0 Å². The third kappa shape index (κ3) is 4.12. The van der Waals surface area contributed by atoms with E-state index in [0.29, 0.717) is 12.4 Å². The van der Waals surface area contributed by atoms with Crippen LogP contribution in [0, 0.1) is 5.41 Å². The molecule has 0 aromatic heterocycles. The highest BCUT2D eigenvalue weighted by molar-refractivity contribution is 8.01. The Morgan fingerprint density at radius 2 is 2.00 bits per heavy atom. The van der Waals surface area contributed by atoms with Gasteiger partial charge in [-0.25, -0.2) is 4.72 Å². The molecule has 24 heavy (non-hydrogen) atoms. The van der Waals surface area contributed by atoms with Gasteiger partial charge in [0.1, 0.15) is 11.6 Å². The second-order valence-corrected chi connectivity index (χ2v) is 7.78. The predicted octanol–water partition coefficient (Wildman–Crippen LogP) is 0.319. The zero-order chi connectivity index (χ0) is 17.3. The molecule has 2 fully saturated rings. The number of rotatable bonds is 5. The lowest BCUT2D eigenvalue weighted by Gasteiger charge is -2.38. The number of nitrogens with zero attached hydrogens (tertiary/aromatic N) is 3. The molecule has 0 bridgehead atoms. The molecule has 1 atom stereocenters. The standard InChI is InChI=1S/C16H28N6OS/c1-12(17)22-6-3-13(24-19-16(23)4-5-16)11-14(15(22)18)21-9-7-20(2)8-10-21/h3,11-12,18-19,23H,4-10,17H2,1-2H3. The molecular weight excluding hydrogens is 324 g/mol. The van der Waals surface area contributed by atoms with Gasteiger partial charge in [0.05, 0.1) is 11.9 Å². The van der Waals surface area contributed by atoms with E-state index in [9.17, 15) is 5.11 Å². The number of aliphatic hydroxyl groups is 1. The van der Waals surface area contributed by atoms with Crippen molar-refractivity contribution in [1.82, 2.24) is 19.4 Å². The SMILES string of the molecule is CC(N)N1CC=C(SNC2(O)CC2)C=C(N2CCN(C)CC2)C1=N. The zero-order valence-corrected chi connectivity index (χ0v) is 15.3. The molecule has 7 nitrogen and oxygen atoms in total. The van der Waals surface area contributed by atoms with Gasteiger partial charge in [-0.3, -0.25) is 5.41 Å². The molecular formula is C16H28N6OS. The van der Waals surface area contributed by atoms with Crippen LogP contribution in [0.1, 0.15) is 19.8 Å². The van der Waals surface area contributed by atoms with Crippen molar-refractivity contribution in [2.45, 2.75) is 31.7 Å². The Morgan fingerprint density at radius 3 is 2.58 bits per heavy atom. The Morgan fingerprint density at radius 1 is 1.33 bits per heavy atom. The molecule has 0 spiro atoms. The van der Waals surface area contributed by atoms with Gasteiger partial charge in [-0.15, -0.1) is 0 Å². The second-order valence-electron chi connectivity index (χ2n) is 6.90. The van der Waals surface area contributed by atoms with Crippen LogP contribution >= 0.6 is 11.9 Å². The second kappa shape index (κ2) is 7.05. The van der Waals surface area contributed by atoms with Crippen molar-refractivity contribution in [3.8, 4) is 0 Å². The van der Waals surface area contributed by atoms with Crippen molar-refractivity contribution in [3.05, 3.63) is 22.8 Å². The highest BCUT2D eigenvalue weighted by Crippen LogP contribution is 2.36. The van der Waals surface area contributed by atoms with Gasteiger partial charge in [0.2, 0.25) is 0 Å². The van der Waals surface area contributed by atoms with Crippen molar-refractivity contribution >= 4 is 17.8 Å². The van der Waals surface area contributed by atoms with E-state index in [2.05, 4.69) is 33.7 Å². The highest BCUT2D eigenvalue weighted by Gasteiger charge is 2.40. The minimum atomic E-state index is -0.714. The highest BCUT2D eigenvalue weighted by atomic mass is 32.2. The number of allylic oxidation sites excluding steroid dienone is 1. The van der Waals surface area contributed by atoms with Crippen LogP contribution in [0.2, 0.25) is 0 Å². The normalized spacial score (nSPS) is 25.9. The first-order valence-electron chi connectivity index (χ1n) is 8.51. The molecule has 1 saturated heterocycles. The first kappa shape index (κ1) is 17.8. The fourth-order valence-corrected chi connectivity index (χ4v) is 3.63. The predicted molar refractivity (Wildman–Crippen MR) is 98.2 cm³/mol. The lowest BCUT2D eigenvalue weighted by molar-refractivity contribution is 0.143. The summed E-state index contributed by atoms with van der Waals surface area (Å²) in [5.74, 6) is 0.478. The first-order valence-corrected chi connectivity index (χ1v) is 9.32. The number of amidine groups is 1. The molecule has 0 aromatic rings. The Balaban J connectivity index is 1.78. The molecule has 0 amide bonds. The van der Waals surface area contributed by atoms with E-state index in [1.807, 2.05) is 11.8 Å². The van der Waals surface area contributed by atoms with Crippen LogP contribution in [-0.4, -0.2) is 77.3 Å². The molecule has 0 radical (unpaired) electrons. The minimum Gasteiger partial charge on any atom is -0.375 e. The van der Waals surface area contributed by atoms with Crippen molar-refractivity contribution in [3.63, 3.8) is 0 Å². The summed E-state index contributed by atoms with van der Waals surface area (Å²) in [7, 11) is 2.12. The third-order valence-electron chi connectivity index (χ3n) is 4.72. The average molecular weight is 353 g/mol. The van der Waals surface area contributed by atoms with Crippen molar-refractivity contribution < 1.29 is 5.11 Å². The quantitative estimate of drug-likeness (QED) is 0.418. The van der Waals surface area contributed by atoms with E-state index in [1.54, 1.807) is 0 Å². The summed E-state index contributed by atoms with van der Waals surface area (Å²) >= 11 is 1.45. The van der Waals surface area contributed by atoms with Gasteiger partial charge in [0.15, 0.2) is 0 Å². The number of likely N-dealkylation sites (N-methyl/N-ethyl adjacent to an activating group) is 1. The average Bonchev–Trinajstić information content (AvgIpc) is 3.30. The van der Waals surface area contributed by atoms with Crippen LogP contribution in [0.4, 0.5) is 0 Å². The number of hydrogen-bond acceptors (Lipinski definition) is 7. The largest absolute Gasteiger partial charge is 0.375 e. The Hall–Kier alpha value is -1.06. The van der Waals surface area contributed by atoms with Gasteiger partial charge < -0.3 is 25.5 Å². The summed E-state index contributed by atoms with van der Waals surface area (Å²) < 4.78 is 3.13. The molecule has 8 heteroatoms. The lowest BCUT2D eigenvalue weighted by Crippen LogP contribution is -2.50.